The Morgan fingerprint density at radius 3 is 1.52 bits per heavy atom. The Morgan fingerprint density at radius 2 is 1.04 bits per heavy atom. The van der Waals surface area contributed by atoms with Crippen LogP contribution in [0.4, 0.5) is 0 Å². The molecular weight excluding hydrogens is 566 g/mol. The first-order chi connectivity index (χ1) is 22.6. The summed E-state index contributed by atoms with van der Waals surface area (Å²) < 4.78 is 6.10. The molecule has 0 aliphatic heterocycles. The predicted molar refractivity (Wildman–Crippen MR) is 187 cm³/mol. The number of hydrogen-bond acceptors (Lipinski definition) is 5. The van der Waals surface area contributed by atoms with Crippen LogP contribution in [0.5, 0.6) is 11.5 Å². The highest BCUT2D eigenvalue weighted by Crippen LogP contribution is 2.34. The Hall–Kier alpha value is -5.29. The molecule has 5 nitrogen and oxygen atoms in total. The number of rotatable bonds is 12. The van der Waals surface area contributed by atoms with E-state index in [0.29, 0.717) is 41.3 Å². The first-order valence-corrected chi connectivity index (χ1v) is 16.1. The molecule has 46 heavy (non-hydrogen) atoms. The molecule has 5 heteroatoms. The molecule has 0 aliphatic carbocycles. The number of aromatic nitrogens is 3. The van der Waals surface area contributed by atoms with Gasteiger partial charge in [-0.15, -0.1) is 0 Å². The summed E-state index contributed by atoms with van der Waals surface area (Å²) in [6.07, 6.45) is 4.58. The molecule has 0 bridgehead atoms. The SMILES string of the molecule is CCCCC(CC)COc1ccc(-c2nc(-c3ccc(-c4ccccc4)cc3)nc(-c3ccc(-c4ccccc4)cc3)n2)c(O)c1. The van der Waals surface area contributed by atoms with Crippen LogP contribution >= 0.6 is 0 Å². The van der Waals surface area contributed by atoms with Gasteiger partial charge in [0.05, 0.1) is 12.2 Å². The van der Waals surface area contributed by atoms with Crippen molar-refractivity contribution in [2.75, 3.05) is 6.61 Å². The molecule has 230 valence electrons. The normalized spacial score (nSPS) is 11.7. The van der Waals surface area contributed by atoms with Gasteiger partial charge >= 0.3 is 0 Å². The Balaban J connectivity index is 1.34. The van der Waals surface area contributed by atoms with E-state index in [0.717, 1.165) is 46.2 Å². The summed E-state index contributed by atoms with van der Waals surface area (Å²) in [6, 6.07) is 42.4. The van der Waals surface area contributed by atoms with Gasteiger partial charge in [-0.2, -0.15) is 0 Å². The lowest BCUT2D eigenvalue weighted by Crippen LogP contribution is -2.11. The summed E-state index contributed by atoms with van der Waals surface area (Å²) >= 11 is 0. The molecule has 6 aromatic rings. The Bertz CT molecular complexity index is 1750. The highest BCUT2D eigenvalue weighted by Gasteiger charge is 2.16. The second kappa shape index (κ2) is 14.7. The molecular formula is C41H39N3O2. The third-order valence-electron chi connectivity index (χ3n) is 8.37. The average molecular weight is 606 g/mol. The summed E-state index contributed by atoms with van der Waals surface area (Å²) in [5.74, 6) is 2.68. The third kappa shape index (κ3) is 7.32. The Labute approximate surface area is 271 Å². The zero-order valence-electron chi connectivity index (χ0n) is 26.4. The molecule has 1 atom stereocenters. The van der Waals surface area contributed by atoms with Crippen LogP contribution in [0, 0.1) is 5.92 Å². The van der Waals surface area contributed by atoms with E-state index in [-0.39, 0.29) is 5.75 Å². The van der Waals surface area contributed by atoms with Crippen LogP contribution in [0.3, 0.4) is 0 Å². The monoisotopic (exact) mass is 605 g/mol. The van der Waals surface area contributed by atoms with E-state index in [1.807, 2.05) is 72.8 Å². The van der Waals surface area contributed by atoms with Crippen LogP contribution in [0.15, 0.2) is 127 Å². The van der Waals surface area contributed by atoms with Gasteiger partial charge in [-0.25, -0.2) is 15.0 Å². The van der Waals surface area contributed by atoms with Gasteiger partial charge in [0.2, 0.25) is 0 Å². The van der Waals surface area contributed by atoms with Crippen LogP contribution in [0.2, 0.25) is 0 Å². The van der Waals surface area contributed by atoms with Crippen LogP contribution in [0.25, 0.3) is 56.4 Å². The second-order valence-corrected chi connectivity index (χ2v) is 11.6. The van der Waals surface area contributed by atoms with E-state index in [1.165, 1.54) is 12.8 Å². The largest absolute Gasteiger partial charge is 0.507 e. The molecule has 0 aliphatic rings. The number of benzene rings is 5. The Morgan fingerprint density at radius 1 is 0.565 bits per heavy atom. The molecule has 0 saturated carbocycles. The number of ether oxygens (including phenoxy) is 1. The fourth-order valence-corrected chi connectivity index (χ4v) is 5.54. The zero-order chi connectivity index (χ0) is 31.7. The first-order valence-electron chi connectivity index (χ1n) is 16.1. The predicted octanol–water partition coefficient (Wildman–Crippen LogP) is 10.5. The van der Waals surface area contributed by atoms with Crippen molar-refractivity contribution >= 4 is 0 Å². The fraction of sp³-hybridized carbons (Fsp3) is 0.195. The molecule has 1 N–H and O–H groups in total. The lowest BCUT2D eigenvalue weighted by Gasteiger charge is -2.16. The number of phenolic OH excluding ortho intramolecular Hbond substituents is 1. The van der Waals surface area contributed by atoms with Crippen molar-refractivity contribution in [3.63, 3.8) is 0 Å². The van der Waals surface area contributed by atoms with E-state index in [2.05, 4.69) is 62.4 Å². The maximum absolute atomic E-state index is 11.2. The fourth-order valence-electron chi connectivity index (χ4n) is 5.54. The van der Waals surface area contributed by atoms with Crippen molar-refractivity contribution in [2.24, 2.45) is 5.92 Å². The number of phenols is 1. The third-order valence-corrected chi connectivity index (χ3v) is 8.37. The minimum absolute atomic E-state index is 0.0704. The molecule has 1 aromatic heterocycles. The Kier molecular flexibility index (Phi) is 9.79. The van der Waals surface area contributed by atoms with Crippen LogP contribution < -0.4 is 4.74 Å². The van der Waals surface area contributed by atoms with Crippen molar-refractivity contribution in [1.29, 1.82) is 0 Å². The topological polar surface area (TPSA) is 68.1 Å². The van der Waals surface area contributed by atoms with E-state index in [4.69, 9.17) is 19.7 Å². The first kappa shape index (κ1) is 30.7. The zero-order valence-corrected chi connectivity index (χ0v) is 26.4. The van der Waals surface area contributed by atoms with Crippen molar-refractivity contribution in [3.05, 3.63) is 127 Å². The van der Waals surface area contributed by atoms with Gasteiger partial charge in [-0.3, -0.25) is 0 Å². The lowest BCUT2D eigenvalue weighted by atomic mass is 10.0. The molecule has 1 heterocycles. The van der Waals surface area contributed by atoms with Gasteiger partial charge < -0.3 is 9.84 Å². The van der Waals surface area contributed by atoms with Gasteiger partial charge in [-0.1, -0.05) is 142 Å². The molecule has 0 fully saturated rings. The van der Waals surface area contributed by atoms with Crippen molar-refractivity contribution < 1.29 is 9.84 Å². The van der Waals surface area contributed by atoms with Crippen LogP contribution in [-0.2, 0) is 0 Å². The smallest absolute Gasteiger partial charge is 0.167 e. The minimum Gasteiger partial charge on any atom is -0.507 e. The van der Waals surface area contributed by atoms with E-state index in [9.17, 15) is 5.11 Å². The number of nitrogens with zero attached hydrogens (tertiary/aromatic N) is 3. The minimum atomic E-state index is 0.0704. The van der Waals surface area contributed by atoms with Gasteiger partial charge in [0.1, 0.15) is 11.5 Å². The number of aromatic hydroxyl groups is 1. The standard InChI is InChI=1S/C41H39N3O2/c1-3-5-12-29(4-2)28-46-36-25-26-37(38(45)27-36)41-43-39(34-21-17-32(18-22-34)30-13-8-6-9-14-30)42-40(44-41)35-23-19-33(20-24-35)31-15-10-7-11-16-31/h6-11,13-27,29,45H,3-5,12,28H2,1-2H3. The van der Waals surface area contributed by atoms with Crippen molar-refractivity contribution in [2.45, 2.75) is 39.5 Å². The molecule has 0 amide bonds. The van der Waals surface area contributed by atoms with Crippen LogP contribution in [0.1, 0.15) is 39.5 Å². The summed E-state index contributed by atoms with van der Waals surface area (Å²) in [7, 11) is 0. The van der Waals surface area contributed by atoms with E-state index >= 15 is 0 Å². The molecule has 6 rings (SSSR count). The molecule has 5 aromatic carbocycles. The maximum atomic E-state index is 11.2. The molecule has 0 radical (unpaired) electrons. The number of hydrogen-bond donors (Lipinski definition) is 1. The molecule has 1 unspecified atom stereocenters. The lowest BCUT2D eigenvalue weighted by molar-refractivity contribution is 0.232. The van der Waals surface area contributed by atoms with Gasteiger partial charge in [0, 0.05) is 17.2 Å². The summed E-state index contributed by atoms with van der Waals surface area (Å²) in [4.78, 5) is 14.6. The van der Waals surface area contributed by atoms with E-state index in [1.54, 1.807) is 6.07 Å². The van der Waals surface area contributed by atoms with Gasteiger partial charge in [0.25, 0.3) is 0 Å². The van der Waals surface area contributed by atoms with Gasteiger partial charge in [0.15, 0.2) is 17.5 Å². The summed E-state index contributed by atoms with van der Waals surface area (Å²) in [5.41, 5.74) is 6.77. The van der Waals surface area contributed by atoms with Crippen LogP contribution in [-0.4, -0.2) is 26.7 Å². The molecule has 0 saturated heterocycles. The highest BCUT2D eigenvalue weighted by atomic mass is 16.5. The second-order valence-electron chi connectivity index (χ2n) is 11.6. The molecule has 0 spiro atoms. The average Bonchev–Trinajstić information content (AvgIpc) is 3.12. The van der Waals surface area contributed by atoms with E-state index < -0.39 is 0 Å². The number of unbranched alkanes of at least 4 members (excludes halogenated alkanes) is 1. The van der Waals surface area contributed by atoms with Crippen molar-refractivity contribution in [1.82, 2.24) is 15.0 Å². The maximum Gasteiger partial charge on any atom is 0.167 e. The summed E-state index contributed by atoms with van der Waals surface area (Å²) in [5, 5.41) is 11.2. The van der Waals surface area contributed by atoms with Gasteiger partial charge in [-0.05, 0) is 46.7 Å². The highest BCUT2D eigenvalue weighted by molar-refractivity contribution is 5.73. The summed E-state index contributed by atoms with van der Waals surface area (Å²) in [6.45, 7) is 5.04. The quantitative estimate of drug-likeness (QED) is 0.150. The van der Waals surface area contributed by atoms with Crippen molar-refractivity contribution in [3.8, 4) is 67.9 Å².